The van der Waals surface area contributed by atoms with Crippen LogP contribution in [-0.4, -0.2) is 56.1 Å². The number of amides is 2. The molecule has 0 unspecified atom stereocenters. The molecular weight excluding hydrogens is 285 g/mol. The summed E-state index contributed by atoms with van der Waals surface area (Å²) in [5, 5.41) is 2.59. The van der Waals surface area contributed by atoms with E-state index in [1.807, 2.05) is 0 Å². The second-order valence-corrected chi connectivity index (χ2v) is 6.57. The van der Waals surface area contributed by atoms with Gasteiger partial charge in [0.25, 0.3) is 0 Å². The molecule has 110 valence electrons. The number of rotatable bonds is 2. The highest BCUT2D eigenvalue weighted by molar-refractivity contribution is 7.88. The van der Waals surface area contributed by atoms with Crippen molar-refractivity contribution in [1.82, 2.24) is 9.21 Å². The van der Waals surface area contributed by atoms with Gasteiger partial charge in [-0.25, -0.2) is 17.6 Å². The maximum Gasteiger partial charge on any atom is 0.321 e. The van der Waals surface area contributed by atoms with Crippen molar-refractivity contribution in [3.05, 3.63) is 30.1 Å². The summed E-state index contributed by atoms with van der Waals surface area (Å²) >= 11 is 0. The molecule has 0 saturated carbocycles. The normalized spacial score (nSPS) is 17.0. The molecule has 8 heteroatoms. The van der Waals surface area contributed by atoms with E-state index in [1.165, 1.54) is 27.4 Å². The SMILES string of the molecule is CS(=O)(=O)N1CCN(C(=O)Nc2cccc(F)c2)CC1. The molecule has 1 aliphatic rings. The fourth-order valence-corrected chi connectivity index (χ4v) is 2.82. The number of urea groups is 1. The fraction of sp³-hybridized carbons (Fsp3) is 0.417. The first kappa shape index (κ1) is 14.7. The van der Waals surface area contributed by atoms with Crippen molar-refractivity contribution in [3.63, 3.8) is 0 Å². The zero-order chi connectivity index (χ0) is 14.8. The molecule has 20 heavy (non-hydrogen) atoms. The van der Waals surface area contributed by atoms with E-state index in [9.17, 15) is 17.6 Å². The zero-order valence-electron chi connectivity index (χ0n) is 11.0. The number of hydrogen-bond donors (Lipinski definition) is 1. The second kappa shape index (κ2) is 5.76. The van der Waals surface area contributed by atoms with Gasteiger partial charge in [-0.2, -0.15) is 4.31 Å². The second-order valence-electron chi connectivity index (χ2n) is 4.59. The molecule has 0 aliphatic carbocycles. The van der Waals surface area contributed by atoms with E-state index >= 15 is 0 Å². The number of sulfonamides is 1. The molecular formula is C12H16FN3O3S. The van der Waals surface area contributed by atoms with Gasteiger partial charge in [0.2, 0.25) is 10.0 Å². The third kappa shape index (κ3) is 3.67. The van der Waals surface area contributed by atoms with E-state index in [4.69, 9.17) is 0 Å². The van der Waals surface area contributed by atoms with Gasteiger partial charge in [0.1, 0.15) is 5.82 Å². The Hall–Kier alpha value is -1.67. The number of benzene rings is 1. The lowest BCUT2D eigenvalue weighted by Gasteiger charge is -2.33. The molecule has 1 aromatic rings. The summed E-state index contributed by atoms with van der Waals surface area (Å²) in [4.78, 5) is 13.5. The molecule has 1 heterocycles. The van der Waals surface area contributed by atoms with Crippen molar-refractivity contribution in [2.75, 3.05) is 37.8 Å². The fourth-order valence-electron chi connectivity index (χ4n) is 1.99. The lowest BCUT2D eigenvalue weighted by atomic mass is 10.3. The molecule has 0 aromatic heterocycles. The van der Waals surface area contributed by atoms with Crippen LogP contribution in [0.15, 0.2) is 24.3 Å². The highest BCUT2D eigenvalue weighted by Gasteiger charge is 2.25. The lowest BCUT2D eigenvalue weighted by molar-refractivity contribution is 0.184. The number of anilines is 1. The van der Waals surface area contributed by atoms with Gasteiger partial charge in [0.15, 0.2) is 0 Å². The summed E-state index contributed by atoms with van der Waals surface area (Å²) in [6.07, 6.45) is 1.15. The molecule has 2 amide bonds. The maximum atomic E-state index is 13.0. The van der Waals surface area contributed by atoms with Gasteiger partial charge in [-0.1, -0.05) is 6.07 Å². The molecule has 0 radical (unpaired) electrons. The van der Waals surface area contributed by atoms with Gasteiger partial charge in [-0.15, -0.1) is 0 Å². The predicted octanol–water partition coefficient (Wildman–Crippen LogP) is 0.935. The summed E-state index contributed by atoms with van der Waals surface area (Å²) in [7, 11) is -3.21. The van der Waals surface area contributed by atoms with Gasteiger partial charge in [-0.05, 0) is 18.2 Å². The first-order chi connectivity index (χ1) is 9.36. The molecule has 1 saturated heterocycles. The Labute approximate surface area is 117 Å². The van der Waals surface area contributed by atoms with Crippen molar-refractivity contribution in [1.29, 1.82) is 0 Å². The summed E-state index contributed by atoms with van der Waals surface area (Å²) in [6.45, 7) is 1.17. The molecule has 1 fully saturated rings. The largest absolute Gasteiger partial charge is 0.322 e. The molecule has 0 bridgehead atoms. The van der Waals surface area contributed by atoms with Crippen LogP contribution < -0.4 is 5.32 Å². The maximum absolute atomic E-state index is 13.0. The van der Waals surface area contributed by atoms with Crippen LogP contribution in [0.3, 0.4) is 0 Å². The highest BCUT2D eigenvalue weighted by atomic mass is 32.2. The van der Waals surface area contributed by atoms with Crippen molar-refractivity contribution >= 4 is 21.7 Å². The Morgan fingerprint density at radius 3 is 2.45 bits per heavy atom. The molecule has 1 aliphatic heterocycles. The van der Waals surface area contributed by atoms with E-state index in [0.717, 1.165) is 6.26 Å². The first-order valence-electron chi connectivity index (χ1n) is 6.13. The van der Waals surface area contributed by atoms with Gasteiger partial charge >= 0.3 is 6.03 Å². The van der Waals surface area contributed by atoms with Crippen LogP contribution >= 0.6 is 0 Å². The van der Waals surface area contributed by atoms with Crippen molar-refractivity contribution in [2.45, 2.75) is 0 Å². The lowest BCUT2D eigenvalue weighted by Crippen LogP contribution is -2.51. The minimum Gasteiger partial charge on any atom is -0.322 e. The third-order valence-electron chi connectivity index (χ3n) is 3.07. The molecule has 0 spiro atoms. The van der Waals surface area contributed by atoms with Crippen LogP contribution in [0.25, 0.3) is 0 Å². The number of nitrogens with one attached hydrogen (secondary N) is 1. The minimum atomic E-state index is -3.21. The average molecular weight is 301 g/mol. The van der Waals surface area contributed by atoms with Crippen LogP contribution in [0.4, 0.5) is 14.9 Å². The van der Waals surface area contributed by atoms with E-state index in [-0.39, 0.29) is 19.1 Å². The van der Waals surface area contributed by atoms with Gasteiger partial charge in [0.05, 0.1) is 6.26 Å². The minimum absolute atomic E-state index is 0.273. The van der Waals surface area contributed by atoms with Crippen LogP contribution in [0.2, 0.25) is 0 Å². The summed E-state index contributed by atoms with van der Waals surface area (Å²) in [5.41, 5.74) is 0.376. The summed E-state index contributed by atoms with van der Waals surface area (Å²) < 4.78 is 37.0. The van der Waals surface area contributed by atoms with Crippen molar-refractivity contribution < 1.29 is 17.6 Å². The van der Waals surface area contributed by atoms with Crippen LogP contribution in [0, 0.1) is 5.82 Å². The smallest absolute Gasteiger partial charge is 0.321 e. The molecule has 2 rings (SSSR count). The Bertz CT molecular complexity index is 598. The van der Waals surface area contributed by atoms with E-state index < -0.39 is 15.8 Å². The molecule has 6 nitrogen and oxygen atoms in total. The van der Waals surface area contributed by atoms with Crippen LogP contribution in [0.5, 0.6) is 0 Å². The molecule has 0 atom stereocenters. The zero-order valence-corrected chi connectivity index (χ0v) is 11.9. The predicted molar refractivity (Wildman–Crippen MR) is 73.4 cm³/mol. The number of halogens is 1. The van der Waals surface area contributed by atoms with Gasteiger partial charge in [0, 0.05) is 31.9 Å². The monoisotopic (exact) mass is 301 g/mol. The van der Waals surface area contributed by atoms with E-state index in [2.05, 4.69) is 5.32 Å². The third-order valence-corrected chi connectivity index (χ3v) is 4.37. The Morgan fingerprint density at radius 1 is 1.25 bits per heavy atom. The highest BCUT2D eigenvalue weighted by Crippen LogP contribution is 2.12. The summed E-state index contributed by atoms with van der Waals surface area (Å²) in [5.74, 6) is -0.426. The Morgan fingerprint density at radius 2 is 1.90 bits per heavy atom. The van der Waals surface area contributed by atoms with Gasteiger partial charge < -0.3 is 10.2 Å². The van der Waals surface area contributed by atoms with Crippen LogP contribution in [-0.2, 0) is 10.0 Å². The Kier molecular flexibility index (Phi) is 4.24. The standard InChI is InChI=1S/C12H16FN3O3S/c1-20(18,19)16-7-5-15(6-8-16)12(17)14-11-4-2-3-10(13)9-11/h2-4,9H,5-8H2,1H3,(H,14,17). The summed E-state index contributed by atoms with van der Waals surface area (Å²) in [6, 6.07) is 5.26. The average Bonchev–Trinajstić information content (AvgIpc) is 2.38. The number of nitrogens with zero attached hydrogens (tertiary/aromatic N) is 2. The first-order valence-corrected chi connectivity index (χ1v) is 7.98. The van der Waals surface area contributed by atoms with Crippen molar-refractivity contribution in [3.8, 4) is 0 Å². The molecule has 1 aromatic carbocycles. The number of carbonyl (C=O) groups is 1. The van der Waals surface area contributed by atoms with Gasteiger partial charge in [-0.3, -0.25) is 0 Å². The van der Waals surface area contributed by atoms with E-state index in [0.29, 0.717) is 18.8 Å². The van der Waals surface area contributed by atoms with Crippen LogP contribution in [0.1, 0.15) is 0 Å². The number of hydrogen-bond acceptors (Lipinski definition) is 3. The number of carbonyl (C=O) groups excluding carboxylic acids is 1. The van der Waals surface area contributed by atoms with E-state index in [1.54, 1.807) is 6.07 Å². The topological polar surface area (TPSA) is 69.7 Å². The quantitative estimate of drug-likeness (QED) is 0.883. The molecule has 1 N–H and O–H groups in total. The Balaban J connectivity index is 1.92. The number of piperazine rings is 1. The van der Waals surface area contributed by atoms with Crippen molar-refractivity contribution in [2.24, 2.45) is 0 Å².